The third-order valence-electron chi connectivity index (χ3n) is 2.77. The van der Waals surface area contributed by atoms with Crippen LogP contribution in [0.25, 0.3) is 11.1 Å². The molecule has 0 bridgehead atoms. The summed E-state index contributed by atoms with van der Waals surface area (Å²) >= 11 is 0. The number of rotatable bonds is 4. The van der Waals surface area contributed by atoms with E-state index in [4.69, 9.17) is 10.00 Å². The Kier molecular flexibility index (Phi) is 4.56. The lowest BCUT2D eigenvalue weighted by Gasteiger charge is -2.11. The standard InChI is InChI=1S/C16H12F3NO2/c1-2-21-14-5-3-12(4-6-14)13-7-11(10-20)8-15(9-13)22-16(17,18)19/h3-9H,2H2,1H3. The fourth-order valence-electron chi connectivity index (χ4n) is 1.93. The van der Waals surface area contributed by atoms with Crippen molar-refractivity contribution in [3.8, 4) is 28.7 Å². The van der Waals surface area contributed by atoms with E-state index in [1.54, 1.807) is 24.3 Å². The van der Waals surface area contributed by atoms with Gasteiger partial charge in [-0.1, -0.05) is 12.1 Å². The summed E-state index contributed by atoms with van der Waals surface area (Å²) in [4.78, 5) is 0. The molecule has 2 aromatic rings. The molecule has 6 heteroatoms. The Morgan fingerprint density at radius 1 is 1.00 bits per heavy atom. The number of benzene rings is 2. The molecule has 2 aromatic carbocycles. The molecule has 22 heavy (non-hydrogen) atoms. The molecule has 0 saturated carbocycles. The van der Waals surface area contributed by atoms with Gasteiger partial charge in [-0.15, -0.1) is 13.2 Å². The van der Waals surface area contributed by atoms with Gasteiger partial charge in [0.2, 0.25) is 0 Å². The van der Waals surface area contributed by atoms with Crippen molar-refractivity contribution in [2.45, 2.75) is 13.3 Å². The monoisotopic (exact) mass is 307 g/mol. The van der Waals surface area contributed by atoms with E-state index in [1.807, 2.05) is 13.0 Å². The van der Waals surface area contributed by atoms with E-state index in [-0.39, 0.29) is 5.56 Å². The second kappa shape index (κ2) is 6.39. The molecule has 0 radical (unpaired) electrons. The van der Waals surface area contributed by atoms with Crippen molar-refractivity contribution in [3.63, 3.8) is 0 Å². The first-order valence-electron chi connectivity index (χ1n) is 6.45. The fraction of sp³-hybridized carbons (Fsp3) is 0.188. The van der Waals surface area contributed by atoms with Crippen LogP contribution in [0.5, 0.6) is 11.5 Å². The third kappa shape index (κ3) is 4.16. The highest BCUT2D eigenvalue weighted by molar-refractivity contribution is 5.68. The van der Waals surface area contributed by atoms with Crippen molar-refractivity contribution < 1.29 is 22.6 Å². The predicted octanol–water partition coefficient (Wildman–Crippen LogP) is 4.52. The molecule has 0 unspecified atom stereocenters. The zero-order valence-electron chi connectivity index (χ0n) is 11.6. The van der Waals surface area contributed by atoms with Crippen molar-refractivity contribution in [3.05, 3.63) is 48.0 Å². The summed E-state index contributed by atoms with van der Waals surface area (Å²) in [7, 11) is 0. The maximum absolute atomic E-state index is 12.3. The minimum atomic E-state index is -4.80. The average Bonchev–Trinajstić information content (AvgIpc) is 2.46. The van der Waals surface area contributed by atoms with Crippen LogP contribution in [0.3, 0.4) is 0 Å². The second-order valence-electron chi connectivity index (χ2n) is 4.36. The van der Waals surface area contributed by atoms with Gasteiger partial charge in [-0.2, -0.15) is 5.26 Å². The van der Waals surface area contributed by atoms with E-state index in [1.165, 1.54) is 12.1 Å². The Bertz CT molecular complexity index is 688. The Hall–Kier alpha value is -2.68. The fourth-order valence-corrected chi connectivity index (χ4v) is 1.93. The second-order valence-corrected chi connectivity index (χ2v) is 4.36. The van der Waals surface area contributed by atoms with Gasteiger partial charge in [0.15, 0.2) is 0 Å². The molecule has 0 atom stereocenters. The molecule has 0 amide bonds. The van der Waals surface area contributed by atoms with E-state index >= 15 is 0 Å². The minimum absolute atomic E-state index is 0.0886. The third-order valence-corrected chi connectivity index (χ3v) is 2.77. The van der Waals surface area contributed by atoms with Crippen LogP contribution in [0.4, 0.5) is 13.2 Å². The number of ether oxygens (including phenoxy) is 2. The first kappa shape index (κ1) is 15.7. The molecule has 0 N–H and O–H groups in total. The first-order valence-corrected chi connectivity index (χ1v) is 6.45. The van der Waals surface area contributed by atoms with Crippen molar-refractivity contribution in [1.82, 2.24) is 0 Å². The summed E-state index contributed by atoms with van der Waals surface area (Å²) in [5.74, 6) is 0.241. The number of hydrogen-bond acceptors (Lipinski definition) is 3. The summed E-state index contributed by atoms with van der Waals surface area (Å²) in [5, 5.41) is 8.94. The molecule has 114 valence electrons. The van der Waals surface area contributed by atoms with Crippen LogP contribution < -0.4 is 9.47 Å². The summed E-state index contributed by atoms with van der Waals surface area (Å²) in [6.07, 6.45) is -4.80. The quantitative estimate of drug-likeness (QED) is 0.834. The topological polar surface area (TPSA) is 42.2 Å². The maximum atomic E-state index is 12.3. The molecule has 2 rings (SSSR count). The van der Waals surface area contributed by atoms with Crippen LogP contribution in [0.15, 0.2) is 42.5 Å². The van der Waals surface area contributed by atoms with Gasteiger partial charge in [0.1, 0.15) is 11.5 Å². The number of halogens is 3. The lowest BCUT2D eigenvalue weighted by Crippen LogP contribution is -2.17. The molecule has 0 fully saturated rings. The van der Waals surface area contributed by atoms with Crippen molar-refractivity contribution in [2.24, 2.45) is 0 Å². The molecular formula is C16H12F3NO2. The number of hydrogen-bond donors (Lipinski definition) is 0. The van der Waals surface area contributed by atoms with Crippen LogP contribution in [-0.4, -0.2) is 13.0 Å². The van der Waals surface area contributed by atoms with Crippen LogP contribution in [0.2, 0.25) is 0 Å². The first-order chi connectivity index (χ1) is 10.4. The molecule has 0 aliphatic carbocycles. The Balaban J connectivity index is 2.37. The van der Waals surface area contributed by atoms with Gasteiger partial charge < -0.3 is 9.47 Å². The molecule has 0 spiro atoms. The number of nitrogens with zero attached hydrogens (tertiary/aromatic N) is 1. The molecular weight excluding hydrogens is 295 g/mol. The van der Waals surface area contributed by atoms with Crippen molar-refractivity contribution in [1.29, 1.82) is 5.26 Å². The Labute approximate surface area is 125 Å². The summed E-state index contributed by atoms with van der Waals surface area (Å²) in [5.41, 5.74) is 1.21. The van der Waals surface area contributed by atoms with E-state index in [0.29, 0.717) is 23.5 Å². The van der Waals surface area contributed by atoms with E-state index in [9.17, 15) is 13.2 Å². The minimum Gasteiger partial charge on any atom is -0.494 e. The van der Waals surface area contributed by atoms with Gasteiger partial charge in [-0.3, -0.25) is 0 Å². The predicted molar refractivity (Wildman–Crippen MR) is 74.4 cm³/mol. The summed E-state index contributed by atoms with van der Waals surface area (Å²) in [6.45, 7) is 2.37. The van der Waals surface area contributed by atoms with E-state index in [0.717, 1.165) is 6.07 Å². The molecule has 0 aliphatic rings. The Morgan fingerprint density at radius 2 is 1.68 bits per heavy atom. The molecule has 0 heterocycles. The highest BCUT2D eigenvalue weighted by Gasteiger charge is 2.31. The van der Waals surface area contributed by atoms with Gasteiger partial charge in [0, 0.05) is 0 Å². The van der Waals surface area contributed by atoms with Crippen LogP contribution >= 0.6 is 0 Å². The number of nitriles is 1. The van der Waals surface area contributed by atoms with Crippen molar-refractivity contribution in [2.75, 3.05) is 6.61 Å². The van der Waals surface area contributed by atoms with Crippen LogP contribution in [0.1, 0.15) is 12.5 Å². The van der Waals surface area contributed by atoms with Crippen LogP contribution in [0, 0.1) is 11.3 Å². The zero-order valence-corrected chi connectivity index (χ0v) is 11.6. The van der Waals surface area contributed by atoms with Gasteiger partial charge in [-0.25, -0.2) is 0 Å². The van der Waals surface area contributed by atoms with Gasteiger partial charge in [0.05, 0.1) is 18.2 Å². The highest BCUT2D eigenvalue weighted by atomic mass is 19.4. The summed E-state index contributed by atoms with van der Waals surface area (Å²) < 4.78 is 46.2. The number of alkyl halides is 3. The van der Waals surface area contributed by atoms with Gasteiger partial charge in [-0.05, 0) is 48.4 Å². The Morgan fingerprint density at radius 3 is 2.23 bits per heavy atom. The molecule has 0 aromatic heterocycles. The molecule has 3 nitrogen and oxygen atoms in total. The molecule has 0 aliphatic heterocycles. The average molecular weight is 307 g/mol. The van der Waals surface area contributed by atoms with Gasteiger partial charge >= 0.3 is 6.36 Å². The maximum Gasteiger partial charge on any atom is 0.573 e. The van der Waals surface area contributed by atoms with Crippen LogP contribution in [-0.2, 0) is 0 Å². The van der Waals surface area contributed by atoms with E-state index in [2.05, 4.69) is 4.74 Å². The summed E-state index contributed by atoms with van der Waals surface area (Å²) in [6, 6.07) is 12.4. The largest absolute Gasteiger partial charge is 0.573 e. The lowest BCUT2D eigenvalue weighted by atomic mass is 10.0. The lowest BCUT2D eigenvalue weighted by molar-refractivity contribution is -0.274. The molecule has 0 saturated heterocycles. The van der Waals surface area contributed by atoms with Crippen molar-refractivity contribution >= 4 is 0 Å². The van der Waals surface area contributed by atoms with Gasteiger partial charge in [0.25, 0.3) is 0 Å². The SMILES string of the molecule is CCOc1ccc(-c2cc(C#N)cc(OC(F)(F)F)c2)cc1. The van der Waals surface area contributed by atoms with E-state index < -0.39 is 12.1 Å². The normalized spacial score (nSPS) is 10.9. The smallest absolute Gasteiger partial charge is 0.494 e. The highest BCUT2D eigenvalue weighted by Crippen LogP contribution is 2.30. The zero-order chi connectivity index (χ0) is 16.2.